The average Bonchev–Trinajstić information content (AvgIpc) is 2.91. The summed E-state index contributed by atoms with van der Waals surface area (Å²) >= 11 is 0. The van der Waals surface area contributed by atoms with Gasteiger partial charge in [-0.15, -0.1) is 0 Å². The van der Waals surface area contributed by atoms with Gasteiger partial charge in [-0.25, -0.2) is 0 Å². The topological polar surface area (TPSA) is 58.6 Å². The standard InChI is InChI=1S/C31H33F3N2O3/c1-30(2,3)21-13-8-14-22(19-21)35-28(37)23-15-10-18-36(27(23)20-11-6-5-7-12-20)29(38)26-24(31(32,33)34)16-9-17-25(26)39-4/h5-9,11-14,16-17,19,23,27H,10,15,18H2,1-4H3,(H,35,37)/t23-,27-/m0/s1. The molecular weight excluding hydrogens is 505 g/mol. The highest BCUT2D eigenvalue weighted by Crippen LogP contribution is 2.42. The Hall–Kier alpha value is -3.81. The SMILES string of the molecule is COc1cccc(C(F)(F)F)c1C(=O)N1CCC[C@H](C(=O)Nc2cccc(C(C)(C)C)c2)[C@@H]1c1ccccc1. The number of benzene rings is 3. The average molecular weight is 539 g/mol. The number of likely N-dealkylation sites (tertiary alicyclic amines) is 1. The summed E-state index contributed by atoms with van der Waals surface area (Å²) < 4.78 is 47.2. The molecule has 1 fully saturated rings. The summed E-state index contributed by atoms with van der Waals surface area (Å²) in [4.78, 5) is 29.0. The Kier molecular flexibility index (Phi) is 8.04. The van der Waals surface area contributed by atoms with Gasteiger partial charge in [0.1, 0.15) is 5.75 Å². The molecule has 0 radical (unpaired) electrons. The normalized spacial score (nSPS) is 18.0. The third-order valence-corrected chi connectivity index (χ3v) is 7.13. The summed E-state index contributed by atoms with van der Waals surface area (Å²) in [7, 11) is 1.24. The minimum absolute atomic E-state index is 0.119. The van der Waals surface area contributed by atoms with Crippen LogP contribution in [0.25, 0.3) is 0 Å². The molecule has 0 unspecified atom stereocenters. The number of amides is 2. The van der Waals surface area contributed by atoms with E-state index in [1.54, 1.807) is 30.3 Å². The van der Waals surface area contributed by atoms with Gasteiger partial charge in [-0.1, -0.05) is 69.3 Å². The lowest BCUT2D eigenvalue weighted by Gasteiger charge is -2.41. The van der Waals surface area contributed by atoms with Crippen LogP contribution < -0.4 is 10.1 Å². The number of alkyl halides is 3. The number of methoxy groups -OCH3 is 1. The molecule has 0 aromatic heterocycles. The third kappa shape index (κ3) is 6.10. The molecule has 3 aromatic rings. The number of carbonyl (C=O) groups is 2. The van der Waals surface area contributed by atoms with Crippen molar-refractivity contribution in [1.29, 1.82) is 0 Å². The lowest BCUT2D eigenvalue weighted by molar-refractivity contribution is -0.138. The number of piperidine rings is 1. The van der Waals surface area contributed by atoms with Gasteiger partial charge in [0, 0.05) is 12.2 Å². The van der Waals surface area contributed by atoms with E-state index < -0.39 is 35.2 Å². The molecule has 206 valence electrons. The van der Waals surface area contributed by atoms with Gasteiger partial charge in [0.25, 0.3) is 5.91 Å². The number of nitrogens with zero attached hydrogens (tertiary/aromatic N) is 1. The van der Waals surface area contributed by atoms with Crippen molar-refractivity contribution in [3.05, 3.63) is 95.1 Å². The maximum atomic E-state index is 14.0. The van der Waals surface area contributed by atoms with Crippen LogP contribution in [0.4, 0.5) is 18.9 Å². The smallest absolute Gasteiger partial charge is 0.417 e. The van der Waals surface area contributed by atoms with Gasteiger partial charge >= 0.3 is 6.18 Å². The molecular formula is C31H33F3N2O3. The number of rotatable bonds is 5. The number of ether oxygens (including phenoxy) is 1. The summed E-state index contributed by atoms with van der Waals surface area (Å²) in [5, 5.41) is 3.00. The molecule has 2 atom stereocenters. The van der Waals surface area contributed by atoms with Crippen LogP contribution in [0.2, 0.25) is 0 Å². The monoisotopic (exact) mass is 538 g/mol. The van der Waals surface area contributed by atoms with Crippen molar-refractivity contribution in [2.24, 2.45) is 5.92 Å². The second kappa shape index (κ2) is 11.1. The molecule has 0 aliphatic carbocycles. The maximum Gasteiger partial charge on any atom is 0.417 e. The number of hydrogen-bond donors (Lipinski definition) is 1. The van der Waals surface area contributed by atoms with Gasteiger partial charge in [0.2, 0.25) is 5.91 Å². The second-order valence-electron chi connectivity index (χ2n) is 10.8. The fourth-order valence-corrected chi connectivity index (χ4v) is 5.16. The first kappa shape index (κ1) is 28.2. The van der Waals surface area contributed by atoms with Gasteiger partial charge in [0.15, 0.2) is 0 Å². The first-order valence-corrected chi connectivity index (χ1v) is 12.9. The Bertz CT molecular complexity index is 1330. The highest BCUT2D eigenvalue weighted by atomic mass is 19.4. The molecule has 1 aliphatic heterocycles. The minimum atomic E-state index is -4.76. The number of hydrogen-bond acceptors (Lipinski definition) is 3. The number of nitrogens with one attached hydrogen (secondary N) is 1. The minimum Gasteiger partial charge on any atom is -0.496 e. The van der Waals surface area contributed by atoms with Crippen molar-refractivity contribution in [2.75, 3.05) is 19.0 Å². The van der Waals surface area contributed by atoms with E-state index in [4.69, 9.17) is 4.74 Å². The zero-order valence-electron chi connectivity index (χ0n) is 22.5. The highest BCUT2D eigenvalue weighted by molar-refractivity contribution is 6.00. The highest BCUT2D eigenvalue weighted by Gasteiger charge is 2.43. The number of anilines is 1. The fraction of sp³-hybridized carbons (Fsp3) is 0.355. The van der Waals surface area contributed by atoms with E-state index in [0.29, 0.717) is 24.1 Å². The van der Waals surface area contributed by atoms with Crippen molar-refractivity contribution in [2.45, 2.75) is 51.2 Å². The Morgan fingerprint density at radius 1 is 0.949 bits per heavy atom. The van der Waals surface area contributed by atoms with Gasteiger partial charge in [-0.3, -0.25) is 9.59 Å². The van der Waals surface area contributed by atoms with Crippen LogP contribution >= 0.6 is 0 Å². The van der Waals surface area contributed by atoms with E-state index in [0.717, 1.165) is 11.6 Å². The molecule has 2 amide bonds. The largest absolute Gasteiger partial charge is 0.496 e. The quantitative estimate of drug-likeness (QED) is 0.372. The summed E-state index contributed by atoms with van der Waals surface area (Å²) in [6, 6.07) is 19.3. The molecule has 5 nitrogen and oxygen atoms in total. The predicted molar refractivity (Wildman–Crippen MR) is 145 cm³/mol. The molecule has 8 heteroatoms. The molecule has 1 heterocycles. The van der Waals surface area contributed by atoms with Crippen LogP contribution in [0, 0.1) is 5.92 Å². The van der Waals surface area contributed by atoms with Crippen molar-refractivity contribution in [3.8, 4) is 5.75 Å². The van der Waals surface area contributed by atoms with Crippen LogP contribution in [0.3, 0.4) is 0 Å². The second-order valence-corrected chi connectivity index (χ2v) is 10.8. The summed E-state index contributed by atoms with van der Waals surface area (Å²) in [5.41, 5.74) is 0.629. The van der Waals surface area contributed by atoms with E-state index in [1.165, 1.54) is 24.1 Å². The lowest BCUT2D eigenvalue weighted by atomic mass is 9.83. The van der Waals surface area contributed by atoms with E-state index in [9.17, 15) is 22.8 Å². The molecule has 4 rings (SSSR count). The lowest BCUT2D eigenvalue weighted by Crippen LogP contribution is -2.47. The summed E-state index contributed by atoms with van der Waals surface area (Å²) in [6.45, 7) is 6.45. The number of carbonyl (C=O) groups excluding carboxylic acids is 2. The van der Waals surface area contributed by atoms with Crippen LogP contribution in [-0.4, -0.2) is 30.4 Å². The van der Waals surface area contributed by atoms with Gasteiger partial charge in [-0.2, -0.15) is 13.2 Å². The molecule has 0 saturated carbocycles. The van der Waals surface area contributed by atoms with Gasteiger partial charge in [-0.05, 0) is 53.6 Å². The summed E-state index contributed by atoms with van der Waals surface area (Å²) in [5.74, 6) is -1.94. The van der Waals surface area contributed by atoms with Crippen molar-refractivity contribution < 1.29 is 27.5 Å². The van der Waals surface area contributed by atoms with E-state index in [2.05, 4.69) is 26.1 Å². The Balaban J connectivity index is 1.74. The zero-order valence-corrected chi connectivity index (χ0v) is 22.5. The van der Waals surface area contributed by atoms with Crippen LogP contribution in [0.1, 0.15) is 66.7 Å². The summed E-state index contributed by atoms with van der Waals surface area (Å²) in [6.07, 6.45) is -3.82. The molecule has 39 heavy (non-hydrogen) atoms. The molecule has 1 aliphatic rings. The molecule has 0 spiro atoms. The Labute approximate surface area is 227 Å². The zero-order chi connectivity index (χ0) is 28.4. The van der Waals surface area contributed by atoms with Crippen LogP contribution in [0.5, 0.6) is 5.75 Å². The van der Waals surface area contributed by atoms with E-state index in [1.807, 2.05) is 24.3 Å². The van der Waals surface area contributed by atoms with Gasteiger partial charge in [0.05, 0.1) is 30.2 Å². The molecule has 3 aromatic carbocycles. The molecule has 0 bridgehead atoms. The van der Waals surface area contributed by atoms with Crippen LogP contribution in [0.15, 0.2) is 72.8 Å². The molecule has 1 saturated heterocycles. The number of halogens is 3. The first-order chi connectivity index (χ1) is 18.4. The maximum absolute atomic E-state index is 14.0. The van der Waals surface area contributed by atoms with Gasteiger partial charge < -0.3 is 15.0 Å². The Morgan fingerprint density at radius 2 is 1.64 bits per heavy atom. The fourth-order valence-electron chi connectivity index (χ4n) is 5.16. The van der Waals surface area contributed by atoms with Crippen molar-refractivity contribution >= 4 is 17.5 Å². The Morgan fingerprint density at radius 3 is 2.28 bits per heavy atom. The third-order valence-electron chi connectivity index (χ3n) is 7.13. The van der Waals surface area contributed by atoms with E-state index >= 15 is 0 Å². The molecule has 1 N–H and O–H groups in total. The van der Waals surface area contributed by atoms with Crippen LogP contribution in [-0.2, 0) is 16.4 Å². The first-order valence-electron chi connectivity index (χ1n) is 12.9. The predicted octanol–water partition coefficient (Wildman–Crippen LogP) is 7.24. The van der Waals surface area contributed by atoms with Crippen molar-refractivity contribution in [3.63, 3.8) is 0 Å². The van der Waals surface area contributed by atoms with Crippen molar-refractivity contribution in [1.82, 2.24) is 4.90 Å². The van der Waals surface area contributed by atoms with E-state index in [-0.39, 0.29) is 23.6 Å².